The van der Waals surface area contributed by atoms with Gasteiger partial charge in [-0.3, -0.25) is 14.4 Å². The van der Waals surface area contributed by atoms with Crippen LogP contribution in [0.3, 0.4) is 0 Å². The van der Waals surface area contributed by atoms with Gasteiger partial charge in [-0.1, -0.05) is 62.8 Å². The number of cyclic esters (lactones) is 1. The highest BCUT2D eigenvalue weighted by molar-refractivity contribution is 6.39. The molecular formula is C52H75NO14. The molecule has 0 spiro atoms. The first-order chi connectivity index (χ1) is 31.8. The second kappa shape index (κ2) is 24.5. The number of methoxy groups -OCH3 is 4. The van der Waals surface area contributed by atoms with E-state index in [0.29, 0.717) is 62.5 Å². The molecule has 0 unspecified atom stereocenters. The van der Waals surface area contributed by atoms with Crippen molar-refractivity contribution < 1.29 is 67.7 Å². The number of rotatable bonds is 9. The smallest absolute Gasteiger partial charge is 0.337 e. The normalized spacial score (nSPS) is 36.7. The van der Waals surface area contributed by atoms with E-state index in [0.717, 1.165) is 11.1 Å². The third-order valence-corrected chi connectivity index (χ3v) is 14.5. The van der Waals surface area contributed by atoms with Crippen LogP contribution in [0.4, 0.5) is 0 Å². The fraction of sp³-hybridized carbons (Fsp3) is 0.673. The van der Waals surface area contributed by atoms with E-state index in [1.54, 1.807) is 52.1 Å². The van der Waals surface area contributed by atoms with Gasteiger partial charge in [0.05, 0.1) is 43.2 Å². The number of aliphatic hydroxyl groups excluding tert-OH is 2. The number of amides is 1. The molecule has 3 aliphatic heterocycles. The van der Waals surface area contributed by atoms with Crippen LogP contribution in [0.1, 0.15) is 121 Å². The molecule has 1 aromatic rings. The first kappa shape index (κ1) is 53.9. The monoisotopic (exact) mass is 938 g/mol. The van der Waals surface area contributed by atoms with Crippen molar-refractivity contribution in [3.05, 3.63) is 64.8 Å². The Kier molecular flexibility index (Phi) is 19.7. The third-order valence-electron chi connectivity index (χ3n) is 14.5. The van der Waals surface area contributed by atoms with Crippen LogP contribution < -0.4 is 0 Å². The number of hydrogen-bond acceptors (Lipinski definition) is 14. The summed E-state index contributed by atoms with van der Waals surface area (Å²) in [6, 6.07) is 5.72. The second-order valence-corrected chi connectivity index (χ2v) is 19.5. The molecule has 2 saturated heterocycles. The van der Waals surface area contributed by atoms with Gasteiger partial charge in [0.15, 0.2) is 0 Å². The maximum Gasteiger partial charge on any atom is 0.337 e. The number of benzene rings is 1. The van der Waals surface area contributed by atoms with Gasteiger partial charge < -0.3 is 48.6 Å². The molecule has 1 aromatic carbocycles. The van der Waals surface area contributed by atoms with Gasteiger partial charge >= 0.3 is 11.9 Å². The quantitative estimate of drug-likeness (QED) is 0.149. The molecule has 3 fully saturated rings. The maximum absolute atomic E-state index is 14.5. The molecule has 1 amide bonds. The Morgan fingerprint density at radius 1 is 0.866 bits per heavy atom. The summed E-state index contributed by atoms with van der Waals surface area (Å²) in [6.45, 7) is 9.18. The Hall–Kier alpha value is -4.09. The Labute approximate surface area is 396 Å². The highest BCUT2D eigenvalue weighted by atomic mass is 16.7. The molecule has 15 nitrogen and oxygen atoms in total. The first-order valence-corrected chi connectivity index (χ1v) is 24.0. The number of allylic oxidation sites excluding steroid dienone is 4. The largest absolute Gasteiger partial charge is 0.465 e. The van der Waals surface area contributed by atoms with Gasteiger partial charge in [0.2, 0.25) is 5.79 Å². The highest BCUT2D eigenvalue weighted by Gasteiger charge is 2.56. The van der Waals surface area contributed by atoms with Crippen LogP contribution in [-0.4, -0.2) is 139 Å². The van der Waals surface area contributed by atoms with E-state index in [9.17, 15) is 39.3 Å². The number of fused-ring (bicyclic) bond motifs is 3. The Morgan fingerprint density at radius 2 is 1.54 bits per heavy atom. The predicted octanol–water partition coefficient (Wildman–Crippen LogP) is 5.95. The van der Waals surface area contributed by atoms with Gasteiger partial charge in [-0.05, 0) is 113 Å². The van der Waals surface area contributed by atoms with Crippen molar-refractivity contribution >= 4 is 35.5 Å². The second-order valence-electron chi connectivity index (χ2n) is 19.5. The molecule has 15 heteroatoms. The lowest BCUT2D eigenvalue weighted by Gasteiger charge is -2.47. The van der Waals surface area contributed by atoms with Crippen molar-refractivity contribution in [1.29, 1.82) is 0 Å². The van der Waals surface area contributed by atoms with Crippen LogP contribution in [0.25, 0.3) is 6.08 Å². The van der Waals surface area contributed by atoms with E-state index in [4.69, 9.17) is 28.4 Å². The van der Waals surface area contributed by atoms with Crippen molar-refractivity contribution in [3.63, 3.8) is 0 Å². The molecule has 3 heterocycles. The molecule has 1 saturated carbocycles. The lowest BCUT2D eigenvalue weighted by molar-refractivity contribution is -0.302. The first-order valence-electron chi connectivity index (χ1n) is 24.0. The zero-order valence-electron chi connectivity index (χ0n) is 40.9. The van der Waals surface area contributed by atoms with Crippen molar-refractivity contribution in [2.24, 2.45) is 29.6 Å². The number of ketones is 2. The number of carbonyl (C=O) groups is 5. The summed E-state index contributed by atoms with van der Waals surface area (Å²) in [7, 11) is 5.91. The van der Waals surface area contributed by atoms with Crippen molar-refractivity contribution in [2.45, 2.75) is 160 Å². The van der Waals surface area contributed by atoms with Crippen LogP contribution in [0.5, 0.6) is 0 Å². The molecule has 67 heavy (non-hydrogen) atoms. The van der Waals surface area contributed by atoms with Crippen LogP contribution in [0, 0.1) is 29.6 Å². The van der Waals surface area contributed by atoms with E-state index in [2.05, 4.69) is 0 Å². The summed E-state index contributed by atoms with van der Waals surface area (Å²) in [5, 5.41) is 34.7. The number of aliphatic hydroxyl groups is 3. The molecule has 0 radical (unpaired) electrons. The topological polar surface area (TPSA) is 205 Å². The number of carbonyl (C=O) groups excluding carboxylic acids is 5. The van der Waals surface area contributed by atoms with Gasteiger partial charge in [-0.2, -0.15) is 0 Å². The average Bonchev–Trinajstić information content (AvgIpc) is 3.32. The highest BCUT2D eigenvalue weighted by Crippen LogP contribution is 2.39. The van der Waals surface area contributed by atoms with E-state index in [1.807, 2.05) is 38.2 Å². The van der Waals surface area contributed by atoms with Crippen molar-refractivity contribution in [3.8, 4) is 0 Å². The molecule has 1 aliphatic carbocycles. The molecule has 3 N–H and O–H groups in total. The predicted molar refractivity (Wildman–Crippen MR) is 249 cm³/mol. The number of Topliss-reactive ketones (excluding diaryl/α,β-unsaturated/α-hetero) is 2. The fourth-order valence-corrected chi connectivity index (χ4v) is 10.4. The number of esters is 2. The summed E-state index contributed by atoms with van der Waals surface area (Å²) in [6.07, 6.45) is 6.29. The Balaban J connectivity index is 1.55. The van der Waals surface area contributed by atoms with Crippen molar-refractivity contribution in [2.75, 3.05) is 35.0 Å². The summed E-state index contributed by atoms with van der Waals surface area (Å²) in [5.41, 5.74) is 2.76. The third kappa shape index (κ3) is 13.4. The minimum atomic E-state index is -2.55. The van der Waals surface area contributed by atoms with E-state index in [1.165, 1.54) is 26.2 Å². The SMILES string of the molecule is COC(=O)c1ccc(/C=C/C[C@@H]2/C=C(\C)C[C@H](C)C[C@H](OC)[C@H]3O[C@@](O)(C(=O)C(=O)N4CCCC[C@H]4C(=O)O[C@H](/C(C)=C/[C@@H]4CC[C@@H](O)[C@H](OC)C4)[C@H](C)[C@@H](O)CC2=O)[C@H](C)C[C@@H]3OC)cc1. The van der Waals surface area contributed by atoms with Crippen LogP contribution in [0.15, 0.2) is 53.6 Å². The molecule has 2 bridgehead atoms. The van der Waals surface area contributed by atoms with Gasteiger partial charge in [0.25, 0.3) is 11.7 Å². The summed E-state index contributed by atoms with van der Waals surface area (Å²) in [4.78, 5) is 70.9. The number of hydrogen-bond donors (Lipinski definition) is 3. The standard InChI is InChI=1S/C52H75NO14/c1-30-23-31(2)25-44(63-7)47-45(64-8)27-33(4)52(61,67-47)48(57)49(58)53-22-11-10-15-39(53)51(60)66-46(32(3)26-36-18-21-40(54)43(28-36)62-6)34(5)41(55)29-42(56)38(24-30)14-12-13-35-16-19-37(20-17-35)50(59)65-9/h12-13,16-17,19-20,24,26,31,33-34,36,38-41,43-47,54-55,61H,10-11,14-15,18,21-23,25,27-29H2,1-9H3/b13-12+,30-24+,32-26+/t31-,33+,34+,36-,38+,39-,40+,41-,43+,44-,45-,46+,47+,52+/m0/s1. The Bertz CT molecular complexity index is 1960. The summed E-state index contributed by atoms with van der Waals surface area (Å²) in [5.74, 6) is -8.64. The molecule has 14 atom stereocenters. The molecule has 0 aromatic heterocycles. The van der Waals surface area contributed by atoms with Gasteiger partial charge in [-0.15, -0.1) is 0 Å². The molecule has 4 aliphatic rings. The lowest BCUT2D eigenvalue weighted by atomic mass is 9.81. The average molecular weight is 938 g/mol. The molecule has 5 rings (SSSR count). The molecule has 372 valence electrons. The van der Waals surface area contributed by atoms with Crippen molar-refractivity contribution in [1.82, 2.24) is 4.90 Å². The van der Waals surface area contributed by atoms with Crippen LogP contribution in [0.2, 0.25) is 0 Å². The minimum absolute atomic E-state index is 0.0469. The summed E-state index contributed by atoms with van der Waals surface area (Å²) < 4.78 is 34.8. The summed E-state index contributed by atoms with van der Waals surface area (Å²) >= 11 is 0. The van der Waals surface area contributed by atoms with Gasteiger partial charge in [0.1, 0.15) is 24.0 Å². The van der Waals surface area contributed by atoms with E-state index < -0.39 is 89.8 Å². The zero-order valence-corrected chi connectivity index (χ0v) is 40.9. The van der Waals surface area contributed by atoms with E-state index >= 15 is 0 Å². The van der Waals surface area contributed by atoms with Gasteiger partial charge in [0, 0.05) is 52.0 Å². The number of nitrogens with zero attached hydrogens (tertiary/aromatic N) is 1. The fourth-order valence-electron chi connectivity index (χ4n) is 10.4. The van der Waals surface area contributed by atoms with E-state index in [-0.39, 0.29) is 49.5 Å². The van der Waals surface area contributed by atoms with Gasteiger partial charge in [-0.25, -0.2) is 9.59 Å². The number of ether oxygens (including phenoxy) is 6. The van der Waals surface area contributed by atoms with Crippen LogP contribution >= 0.6 is 0 Å². The zero-order chi connectivity index (χ0) is 49.2. The minimum Gasteiger partial charge on any atom is -0.465 e. The number of piperidine rings is 1. The molecular weight excluding hydrogens is 863 g/mol. The maximum atomic E-state index is 14.5. The Morgan fingerprint density at radius 3 is 2.19 bits per heavy atom. The lowest BCUT2D eigenvalue weighted by Crippen LogP contribution is -2.64. The van der Waals surface area contributed by atoms with Crippen LogP contribution in [-0.2, 0) is 47.6 Å².